The summed E-state index contributed by atoms with van der Waals surface area (Å²) in [5.41, 5.74) is 2.84. The van der Waals surface area contributed by atoms with Crippen molar-refractivity contribution in [3.8, 4) is 0 Å². The number of rotatable bonds is 9. The van der Waals surface area contributed by atoms with E-state index < -0.39 is 51.9 Å². The molecule has 0 radical (unpaired) electrons. The maximum Gasteiger partial charge on any atom is 0.307 e. The Hall–Kier alpha value is -1.63. The Kier molecular flexibility index (Phi) is 7.45. The summed E-state index contributed by atoms with van der Waals surface area (Å²) in [6.07, 6.45) is 0.172. The lowest BCUT2D eigenvalue weighted by Gasteiger charge is -2.51. The first kappa shape index (κ1) is 24.4. The first-order chi connectivity index (χ1) is 11.4. The standard InChI is InChI=1S/C19H35NO6/c1-10(20)9-11(14(21)22)18(5,6)19(7,8)13(16(25)26)12(15(23)24)17(2,3)4/h10-13H,9,20H2,1-8H3,(H,21,22)(H,23,24)(H,25,26). The van der Waals surface area contributed by atoms with Crippen LogP contribution in [0.1, 0.15) is 61.8 Å². The third-order valence-electron chi connectivity index (χ3n) is 6.01. The molecule has 0 aromatic heterocycles. The highest BCUT2D eigenvalue weighted by molar-refractivity contribution is 5.81. The molecule has 26 heavy (non-hydrogen) atoms. The zero-order chi connectivity index (χ0) is 21.2. The molecule has 0 heterocycles. The van der Waals surface area contributed by atoms with Crippen molar-refractivity contribution in [2.75, 3.05) is 0 Å². The van der Waals surface area contributed by atoms with E-state index in [4.69, 9.17) is 5.73 Å². The highest BCUT2D eigenvalue weighted by Gasteiger charge is 2.57. The maximum absolute atomic E-state index is 12.2. The molecule has 7 heteroatoms. The molecule has 0 saturated carbocycles. The van der Waals surface area contributed by atoms with E-state index in [-0.39, 0.29) is 12.5 Å². The fourth-order valence-corrected chi connectivity index (χ4v) is 3.81. The Labute approximate surface area is 156 Å². The molecule has 0 rings (SSSR count). The topological polar surface area (TPSA) is 138 Å². The summed E-state index contributed by atoms with van der Waals surface area (Å²) in [4.78, 5) is 36.0. The summed E-state index contributed by atoms with van der Waals surface area (Å²) in [7, 11) is 0. The van der Waals surface area contributed by atoms with Crippen molar-refractivity contribution < 1.29 is 29.7 Å². The molecule has 0 bridgehead atoms. The molecule has 5 N–H and O–H groups in total. The first-order valence-corrected chi connectivity index (χ1v) is 8.83. The predicted octanol–water partition coefficient (Wildman–Crippen LogP) is 2.92. The number of hydrogen-bond acceptors (Lipinski definition) is 4. The van der Waals surface area contributed by atoms with Crippen LogP contribution >= 0.6 is 0 Å². The van der Waals surface area contributed by atoms with Crippen LogP contribution in [0.3, 0.4) is 0 Å². The van der Waals surface area contributed by atoms with Gasteiger partial charge in [0.2, 0.25) is 0 Å². The van der Waals surface area contributed by atoms with Gasteiger partial charge >= 0.3 is 17.9 Å². The Morgan fingerprint density at radius 3 is 1.38 bits per heavy atom. The van der Waals surface area contributed by atoms with Crippen LogP contribution in [-0.2, 0) is 14.4 Å². The minimum Gasteiger partial charge on any atom is -0.481 e. The van der Waals surface area contributed by atoms with Gasteiger partial charge in [-0.15, -0.1) is 0 Å². The van der Waals surface area contributed by atoms with Crippen LogP contribution in [0.15, 0.2) is 0 Å². The molecule has 0 spiro atoms. The lowest BCUT2D eigenvalue weighted by Crippen LogP contribution is -2.55. The van der Waals surface area contributed by atoms with Gasteiger partial charge in [-0.3, -0.25) is 14.4 Å². The Bertz CT molecular complexity index is 545. The van der Waals surface area contributed by atoms with Crippen LogP contribution in [0.2, 0.25) is 0 Å². The summed E-state index contributed by atoms with van der Waals surface area (Å²) in [6, 6.07) is -0.382. The number of nitrogens with two attached hydrogens (primary N) is 1. The molecule has 0 aliphatic heterocycles. The second-order valence-electron chi connectivity index (χ2n) is 9.55. The van der Waals surface area contributed by atoms with Crippen molar-refractivity contribution in [1.29, 1.82) is 0 Å². The molecule has 0 aromatic carbocycles. The summed E-state index contributed by atoms with van der Waals surface area (Å²) in [5, 5.41) is 29.4. The minimum atomic E-state index is -1.27. The lowest BCUT2D eigenvalue weighted by molar-refractivity contribution is -0.175. The van der Waals surface area contributed by atoms with Gasteiger partial charge in [0.05, 0.1) is 17.8 Å². The molecule has 0 amide bonds. The van der Waals surface area contributed by atoms with Crippen molar-refractivity contribution in [3.63, 3.8) is 0 Å². The van der Waals surface area contributed by atoms with Gasteiger partial charge < -0.3 is 21.1 Å². The number of carboxylic acid groups (broad SMARTS) is 3. The second-order valence-corrected chi connectivity index (χ2v) is 9.55. The molecule has 0 fully saturated rings. The average Bonchev–Trinajstić information content (AvgIpc) is 2.38. The van der Waals surface area contributed by atoms with Crippen LogP contribution in [0.25, 0.3) is 0 Å². The van der Waals surface area contributed by atoms with Crippen LogP contribution in [0.4, 0.5) is 0 Å². The van der Waals surface area contributed by atoms with Crippen LogP contribution in [0.5, 0.6) is 0 Å². The van der Waals surface area contributed by atoms with E-state index in [1.807, 2.05) is 0 Å². The molecular weight excluding hydrogens is 338 g/mol. The van der Waals surface area contributed by atoms with Crippen molar-refractivity contribution in [3.05, 3.63) is 0 Å². The smallest absolute Gasteiger partial charge is 0.307 e. The van der Waals surface area contributed by atoms with E-state index in [2.05, 4.69) is 0 Å². The van der Waals surface area contributed by atoms with E-state index >= 15 is 0 Å². The molecule has 152 valence electrons. The van der Waals surface area contributed by atoms with E-state index in [1.54, 1.807) is 55.4 Å². The second kappa shape index (κ2) is 7.94. The summed E-state index contributed by atoms with van der Waals surface area (Å²) in [5.74, 6) is -6.87. The van der Waals surface area contributed by atoms with Crippen LogP contribution in [-0.4, -0.2) is 39.3 Å². The van der Waals surface area contributed by atoms with Crippen LogP contribution in [0, 0.1) is 34.0 Å². The fraction of sp³-hybridized carbons (Fsp3) is 0.842. The third-order valence-corrected chi connectivity index (χ3v) is 6.01. The molecule has 0 aliphatic rings. The maximum atomic E-state index is 12.2. The van der Waals surface area contributed by atoms with Crippen molar-refractivity contribution >= 4 is 17.9 Å². The molecule has 4 unspecified atom stereocenters. The van der Waals surface area contributed by atoms with Gasteiger partial charge in [0.1, 0.15) is 0 Å². The zero-order valence-electron chi connectivity index (χ0n) is 17.2. The Balaban J connectivity index is 6.43. The summed E-state index contributed by atoms with van der Waals surface area (Å²) < 4.78 is 0. The predicted molar refractivity (Wildman–Crippen MR) is 98.7 cm³/mol. The number of hydrogen-bond donors (Lipinski definition) is 4. The average molecular weight is 373 g/mol. The van der Waals surface area contributed by atoms with Gasteiger partial charge in [0.25, 0.3) is 0 Å². The molecule has 0 aliphatic carbocycles. The first-order valence-electron chi connectivity index (χ1n) is 8.83. The van der Waals surface area contributed by atoms with Gasteiger partial charge in [0.15, 0.2) is 0 Å². The van der Waals surface area contributed by atoms with Gasteiger partial charge in [0, 0.05) is 6.04 Å². The SMILES string of the molecule is CC(N)CC(C(=O)O)C(C)(C)C(C)(C)C(C(=O)O)C(C(=O)O)C(C)(C)C. The summed E-state index contributed by atoms with van der Waals surface area (Å²) in [6.45, 7) is 13.4. The van der Waals surface area contributed by atoms with E-state index in [1.165, 1.54) is 0 Å². The van der Waals surface area contributed by atoms with Gasteiger partial charge in [-0.05, 0) is 29.6 Å². The number of aliphatic carboxylic acids is 3. The summed E-state index contributed by atoms with van der Waals surface area (Å²) >= 11 is 0. The van der Waals surface area contributed by atoms with Crippen LogP contribution < -0.4 is 5.73 Å². The van der Waals surface area contributed by atoms with Crippen molar-refractivity contribution in [2.24, 2.45) is 39.7 Å². The quantitative estimate of drug-likeness (QED) is 0.487. The largest absolute Gasteiger partial charge is 0.481 e. The van der Waals surface area contributed by atoms with E-state index in [0.717, 1.165) is 0 Å². The highest BCUT2D eigenvalue weighted by Crippen LogP contribution is 2.55. The third kappa shape index (κ3) is 4.96. The van der Waals surface area contributed by atoms with Gasteiger partial charge in [-0.1, -0.05) is 48.5 Å². The highest BCUT2D eigenvalue weighted by atomic mass is 16.4. The Morgan fingerprint density at radius 1 is 0.769 bits per heavy atom. The van der Waals surface area contributed by atoms with Gasteiger partial charge in [-0.25, -0.2) is 0 Å². The minimum absolute atomic E-state index is 0.172. The molecule has 0 saturated heterocycles. The van der Waals surface area contributed by atoms with E-state index in [0.29, 0.717) is 0 Å². The lowest BCUT2D eigenvalue weighted by atomic mass is 9.51. The zero-order valence-corrected chi connectivity index (χ0v) is 17.2. The molecule has 4 atom stereocenters. The fourth-order valence-electron chi connectivity index (χ4n) is 3.81. The number of carboxylic acids is 3. The normalized spacial score (nSPS) is 17.9. The van der Waals surface area contributed by atoms with Crippen molar-refractivity contribution in [2.45, 2.75) is 67.9 Å². The monoisotopic (exact) mass is 373 g/mol. The number of carbonyl (C=O) groups is 3. The van der Waals surface area contributed by atoms with Crippen molar-refractivity contribution in [1.82, 2.24) is 0 Å². The van der Waals surface area contributed by atoms with Gasteiger partial charge in [-0.2, -0.15) is 0 Å². The molecule has 0 aromatic rings. The van der Waals surface area contributed by atoms with E-state index in [9.17, 15) is 29.7 Å². The Morgan fingerprint density at radius 2 is 1.15 bits per heavy atom. The molecular formula is C19H35NO6. The molecule has 7 nitrogen and oxygen atoms in total.